The van der Waals surface area contributed by atoms with E-state index in [1.807, 2.05) is 29.5 Å². The predicted molar refractivity (Wildman–Crippen MR) is 118 cm³/mol. The standard InChI is InChI=1S/C23H29N3O2S/c27-22(14-17-6-2-1-3-7-17)24-15-23(28)25-19-8-4-5-9-20(19)26-12-10-21-18(16-26)11-13-29-21/h4-5,8-9,11,13,17H,1-3,6-7,10,12,14-16H2,(H,24,27)(H,25,28). The van der Waals surface area contributed by atoms with Gasteiger partial charge in [-0.05, 0) is 54.3 Å². The fourth-order valence-corrected chi connectivity index (χ4v) is 5.30. The molecule has 29 heavy (non-hydrogen) atoms. The van der Waals surface area contributed by atoms with Crippen LogP contribution in [0.2, 0.25) is 0 Å². The molecule has 6 heteroatoms. The van der Waals surface area contributed by atoms with E-state index in [0.717, 1.165) is 43.7 Å². The van der Waals surface area contributed by atoms with Crippen LogP contribution >= 0.6 is 11.3 Å². The smallest absolute Gasteiger partial charge is 0.243 e. The molecular weight excluding hydrogens is 382 g/mol. The number of rotatable bonds is 6. The van der Waals surface area contributed by atoms with Gasteiger partial charge in [0.2, 0.25) is 11.8 Å². The molecule has 0 bridgehead atoms. The van der Waals surface area contributed by atoms with Crippen molar-refractivity contribution in [1.82, 2.24) is 5.32 Å². The third-order valence-electron chi connectivity index (χ3n) is 5.97. The van der Waals surface area contributed by atoms with Crippen LogP contribution in [0.3, 0.4) is 0 Å². The molecule has 4 rings (SSSR count). The van der Waals surface area contributed by atoms with Crippen LogP contribution in [-0.2, 0) is 22.6 Å². The molecule has 5 nitrogen and oxygen atoms in total. The number of fused-ring (bicyclic) bond motifs is 1. The number of carbonyl (C=O) groups is 2. The molecule has 0 unspecified atom stereocenters. The topological polar surface area (TPSA) is 61.4 Å². The first-order valence-corrected chi connectivity index (χ1v) is 11.5. The van der Waals surface area contributed by atoms with E-state index < -0.39 is 0 Å². The van der Waals surface area contributed by atoms with E-state index in [-0.39, 0.29) is 18.4 Å². The summed E-state index contributed by atoms with van der Waals surface area (Å²) in [6, 6.07) is 10.1. The summed E-state index contributed by atoms with van der Waals surface area (Å²) >= 11 is 1.82. The zero-order valence-corrected chi connectivity index (χ0v) is 17.6. The highest BCUT2D eigenvalue weighted by Gasteiger charge is 2.21. The Morgan fingerprint density at radius 2 is 1.90 bits per heavy atom. The molecule has 1 saturated carbocycles. The third kappa shape index (κ3) is 5.18. The summed E-state index contributed by atoms with van der Waals surface area (Å²) in [7, 11) is 0. The molecule has 1 aliphatic carbocycles. The number of nitrogens with zero attached hydrogens (tertiary/aromatic N) is 1. The van der Waals surface area contributed by atoms with Crippen molar-refractivity contribution in [2.45, 2.75) is 51.5 Å². The largest absolute Gasteiger partial charge is 0.365 e. The van der Waals surface area contributed by atoms with Crippen LogP contribution in [0.5, 0.6) is 0 Å². The third-order valence-corrected chi connectivity index (χ3v) is 6.99. The van der Waals surface area contributed by atoms with Crippen molar-refractivity contribution in [3.63, 3.8) is 0 Å². The number of carbonyl (C=O) groups excluding carboxylic acids is 2. The van der Waals surface area contributed by atoms with E-state index >= 15 is 0 Å². The zero-order chi connectivity index (χ0) is 20.1. The normalized spacial score (nSPS) is 16.9. The zero-order valence-electron chi connectivity index (χ0n) is 16.8. The Hall–Kier alpha value is -2.34. The van der Waals surface area contributed by atoms with Gasteiger partial charge >= 0.3 is 0 Å². The van der Waals surface area contributed by atoms with E-state index in [4.69, 9.17) is 0 Å². The monoisotopic (exact) mass is 411 g/mol. The van der Waals surface area contributed by atoms with Crippen molar-refractivity contribution >= 4 is 34.5 Å². The van der Waals surface area contributed by atoms with Gasteiger partial charge in [0, 0.05) is 24.4 Å². The van der Waals surface area contributed by atoms with Crippen LogP contribution < -0.4 is 15.5 Å². The van der Waals surface area contributed by atoms with Gasteiger partial charge in [0.1, 0.15) is 0 Å². The lowest BCUT2D eigenvalue weighted by Gasteiger charge is -2.30. The number of amides is 2. The van der Waals surface area contributed by atoms with Crippen molar-refractivity contribution in [3.8, 4) is 0 Å². The maximum atomic E-state index is 12.5. The van der Waals surface area contributed by atoms with Crippen molar-refractivity contribution in [2.24, 2.45) is 5.92 Å². The first kappa shape index (κ1) is 20.0. The summed E-state index contributed by atoms with van der Waals surface area (Å²) in [6.45, 7) is 1.83. The molecule has 1 aliphatic heterocycles. The number of para-hydroxylation sites is 2. The highest BCUT2D eigenvalue weighted by Crippen LogP contribution is 2.32. The number of thiophene rings is 1. The second-order valence-electron chi connectivity index (χ2n) is 8.09. The summed E-state index contributed by atoms with van der Waals surface area (Å²) < 4.78 is 0. The molecule has 2 heterocycles. The molecule has 1 aromatic heterocycles. The van der Waals surface area contributed by atoms with Crippen LogP contribution in [0, 0.1) is 5.92 Å². The molecule has 1 fully saturated rings. The molecule has 0 spiro atoms. The molecular formula is C23H29N3O2S. The Labute approximate surface area is 176 Å². The molecule has 2 aromatic rings. The number of nitrogens with one attached hydrogen (secondary N) is 2. The van der Waals surface area contributed by atoms with Gasteiger partial charge in [-0.25, -0.2) is 0 Å². The number of benzene rings is 1. The van der Waals surface area contributed by atoms with Gasteiger partial charge in [0.15, 0.2) is 0 Å². The van der Waals surface area contributed by atoms with E-state index in [2.05, 4.69) is 33.0 Å². The van der Waals surface area contributed by atoms with Gasteiger partial charge in [-0.2, -0.15) is 0 Å². The Bertz CT molecular complexity index is 857. The van der Waals surface area contributed by atoms with E-state index in [1.165, 1.54) is 29.7 Å². The summed E-state index contributed by atoms with van der Waals surface area (Å²) in [6.07, 6.45) is 7.57. The molecule has 0 radical (unpaired) electrons. The van der Waals surface area contributed by atoms with Gasteiger partial charge in [-0.3, -0.25) is 9.59 Å². The van der Waals surface area contributed by atoms with Gasteiger partial charge < -0.3 is 15.5 Å². The van der Waals surface area contributed by atoms with E-state index in [9.17, 15) is 9.59 Å². The first-order chi connectivity index (χ1) is 14.2. The van der Waals surface area contributed by atoms with E-state index in [1.54, 1.807) is 0 Å². The van der Waals surface area contributed by atoms with Gasteiger partial charge in [-0.1, -0.05) is 31.4 Å². The number of hydrogen-bond donors (Lipinski definition) is 2. The predicted octanol–water partition coefficient (Wildman–Crippen LogP) is 4.34. The van der Waals surface area contributed by atoms with Gasteiger partial charge in [-0.15, -0.1) is 11.3 Å². The molecule has 0 saturated heterocycles. The average molecular weight is 412 g/mol. The molecule has 2 amide bonds. The molecule has 154 valence electrons. The lowest BCUT2D eigenvalue weighted by Crippen LogP contribution is -2.35. The van der Waals surface area contributed by atoms with E-state index in [0.29, 0.717) is 12.3 Å². The van der Waals surface area contributed by atoms with Crippen molar-refractivity contribution in [3.05, 3.63) is 46.2 Å². The molecule has 2 N–H and O–H groups in total. The summed E-state index contributed by atoms with van der Waals surface area (Å²) in [5, 5.41) is 7.94. The van der Waals surface area contributed by atoms with Gasteiger partial charge in [0.25, 0.3) is 0 Å². The number of anilines is 2. The summed E-state index contributed by atoms with van der Waals surface area (Å²) in [5.74, 6) is 0.290. The fraction of sp³-hybridized carbons (Fsp3) is 0.478. The minimum Gasteiger partial charge on any atom is -0.365 e. The Kier molecular flexibility index (Phi) is 6.49. The van der Waals surface area contributed by atoms with Crippen LogP contribution in [0.25, 0.3) is 0 Å². The SMILES string of the molecule is O=C(CC1CCCCC1)NCC(=O)Nc1ccccc1N1CCc2sccc2C1. The van der Waals surface area contributed by atoms with Crippen LogP contribution in [0.15, 0.2) is 35.7 Å². The van der Waals surface area contributed by atoms with Crippen LogP contribution in [0.1, 0.15) is 49.0 Å². The minimum absolute atomic E-state index is 0.0126. The lowest BCUT2D eigenvalue weighted by atomic mass is 9.87. The minimum atomic E-state index is -0.178. The van der Waals surface area contributed by atoms with Crippen molar-refractivity contribution < 1.29 is 9.59 Å². The second-order valence-corrected chi connectivity index (χ2v) is 9.09. The van der Waals surface area contributed by atoms with Crippen LogP contribution in [0.4, 0.5) is 11.4 Å². The molecule has 2 aliphatic rings. The first-order valence-electron chi connectivity index (χ1n) is 10.6. The highest BCUT2D eigenvalue weighted by molar-refractivity contribution is 7.10. The summed E-state index contributed by atoms with van der Waals surface area (Å²) in [5.41, 5.74) is 3.21. The average Bonchev–Trinajstić information content (AvgIpc) is 3.21. The second kappa shape index (κ2) is 9.44. The molecule has 1 aromatic carbocycles. The Balaban J connectivity index is 1.31. The Morgan fingerprint density at radius 1 is 1.07 bits per heavy atom. The fourth-order valence-electron chi connectivity index (χ4n) is 4.41. The summed E-state index contributed by atoms with van der Waals surface area (Å²) in [4.78, 5) is 28.4. The van der Waals surface area contributed by atoms with Crippen LogP contribution in [-0.4, -0.2) is 24.9 Å². The van der Waals surface area contributed by atoms with Crippen molar-refractivity contribution in [1.29, 1.82) is 0 Å². The highest BCUT2D eigenvalue weighted by atomic mass is 32.1. The Morgan fingerprint density at radius 3 is 2.76 bits per heavy atom. The maximum Gasteiger partial charge on any atom is 0.243 e. The quantitative estimate of drug-likeness (QED) is 0.743. The molecule has 0 atom stereocenters. The van der Waals surface area contributed by atoms with Crippen molar-refractivity contribution in [2.75, 3.05) is 23.3 Å². The van der Waals surface area contributed by atoms with Gasteiger partial charge in [0.05, 0.1) is 17.9 Å². The maximum absolute atomic E-state index is 12.5. The number of hydrogen-bond acceptors (Lipinski definition) is 4. The lowest BCUT2D eigenvalue weighted by molar-refractivity contribution is -0.125.